The molecule has 0 spiro atoms. The Morgan fingerprint density at radius 2 is 1.90 bits per heavy atom. The summed E-state index contributed by atoms with van der Waals surface area (Å²) in [5.74, 6) is 0.476. The molecule has 0 bridgehead atoms. The van der Waals surface area contributed by atoms with Gasteiger partial charge in [-0.15, -0.1) is 0 Å². The first kappa shape index (κ1) is 17.2. The SMILES string of the molecule is CCCNCC1(CN2CCC(C)C(O)C2)CCCCCC1. The monoisotopic (exact) mass is 296 g/mol. The fourth-order valence-electron chi connectivity index (χ4n) is 4.13. The molecule has 1 saturated heterocycles. The topological polar surface area (TPSA) is 35.5 Å². The van der Waals surface area contributed by atoms with Gasteiger partial charge in [-0.05, 0) is 50.1 Å². The summed E-state index contributed by atoms with van der Waals surface area (Å²) in [6.07, 6.45) is 10.6. The molecule has 2 rings (SSSR count). The van der Waals surface area contributed by atoms with Crippen LogP contribution in [0.25, 0.3) is 0 Å². The molecule has 2 atom stereocenters. The first-order valence-corrected chi connectivity index (χ1v) is 9.26. The lowest BCUT2D eigenvalue weighted by Crippen LogP contribution is -2.50. The molecule has 0 radical (unpaired) electrons. The Balaban J connectivity index is 1.94. The zero-order valence-corrected chi connectivity index (χ0v) is 14.2. The molecular weight excluding hydrogens is 260 g/mol. The summed E-state index contributed by atoms with van der Waals surface area (Å²) in [5, 5.41) is 13.9. The summed E-state index contributed by atoms with van der Waals surface area (Å²) < 4.78 is 0. The van der Waals surface area contributed by atoms with Crippen LogP contribution in [-0.2, 0) is 0 Å². The number of rotatable bonds is 6. The van der Waals surface area contributed by atoms with Crippen molar-refractivity contribution >= 4 is 0 Å². The van der Waals surface area contributed by atoms with Crippen LogP contribution in [0, 0.1) is 11.3 Å². The second kappa shape index (κ2) is 8.50. The van der Waals surface area contributed by atoms with Crippen molar-refractivity contribution in [3.8, 4) is 0 Å². The van der Waals surface area contributed by atoms with Crippen molar-refractivity contribution in [2.45, 2.75) is 71.3 Å². The third-order valence-corrected chi connectivity index (χ3v) is 5.65. The smallest absolute Gasteiger partial charge is 0.0693 e. The van der Waals surface area contributed by atoms with E-state index in [2.05, 4.69) is 24.1 Å². The minimum Gasteiger partial charge on any atom is -0.392 e. The van der Waals surface area contributed by atoms with Gasteiger partial charge < -0.3 is 15.3 Å². The van der Waals surface area contributed by atoms with Gasteiger partial charge in [0.1, 0.15) is 0 Å². The van der Waals surface area contributed by atoms with Crippen molar-refractivity contribution in [2.75, 3.05) is 32.7 Å². The number of piperidine rings is 1. The fourth-order valence-corrected chi connectivity index (χ4v) is 4.13. The number of nitrogens with one attached hydrogen (secondary N) is 1. The zero-order valence-electron chi connectivity index (χ0n) is 14.2. The van der Waals surface area contributed by atoms with Gasteiger partial charge >= 0.3 is 0 Å². The molecule has 0 aromatic carbocycles. The van der Waals surface area contributed by atoms with E-state index in [9.17, 15) is 5.11 Å². The number of aliphatic hydroxyl groups excluding tert-OH is 1. The van der Waals surface area contributed by atoms with E-state index < -0.39 is 0 Å². The Morgan fingerprint density at radius 1 is 1.19 bits per heavy atom. The molecule has 0 amide bonds. The predicted molar refractivity (Wildman–Crippen MR) is 89.5 cm³/mol. The summed E-state index contributed by atoms with van der Waals surface area (Å²) in [6, 6.07) is 0. The second-order valence-electron chi connectivity index (χ2n) is 7.66. The van der Waals surface area contributed by atoms with Crippen LogP contribution in [0.15, 0.2) is 0 Å². The van der Waals surface area contributed by atoms with Crippen LogP contribution in [0.5, 0.6) is 0 Å². The third kappa shape index (κ3) is 5.22. The first-order chi connectivity index (χ1) is 10.2. The molecule has 3 heteroatoms. The lowest BCUT2D eigenvalue weighted by Gasteiger charge is -2.42. The van der Waals surface area contributed by atoms with E-state index in [1.165, 1.54) is 64.6 Å². The van der Waals surface area contributed by atoms with Crippen molar-refractivity contribution in [2.24, 2.45) is 11.3 Å². The maximum Gasteiger partial charge on any atom is 0.0693 e. The number of hydrogen-bond acceptors (Lipinski definition) is 3. The normalized spacial score (nSPS) is 31.0. The highest BCUT2D eigenvalue weighted by Gasteiger charge is 2.35. The Bertz CT molecular complexity index is 287. The highest BCUT2D eigenvalue weighted by atomic mass is 16.3. The largest absolute Gasteiger partial charge is 0.392 e. The van der Waals surface area contributed by atoms with Gasteiger partial charge in [-0.3, -0.25) is 0 Å². The number of aliphatic hydroxyl groups is 1. The van der Waals surface area contributed by atoms with E-state index in [1.807, 2.05) is 0 Å². The van der Waals surface area contributed by atoms with Gasteiger partial charge in [-0.1, -0.05) is 39.5 Å². The van der Waals surface area contributed by atoms with E-state index in [1.54, 1.807) is 0 Å². The van der Waals surface area contributed by atoms with E-state index >= 15 is 0 Å². The van der Waals surface area contributed by atoms with Gasteiger partial charge in [0, 0.05) is 19.6 Å². The van der Waals surface area contributed by atoms with Crippen LogP contribution >= 0.6 is 0 Å². The van der Waals surface area contributed by atoms with Gasteiger partial charge in [-0.25, -0.2) is 0 Å². The summed E-state index contributed by atoms with van der Waals surface area (Å²) in [4.78, 5) is 2.55. The average molecular weight is 296 g/mol. The molecule has 21 heavy (non-hydrogen) atoms. The van der Waals surface area contributed by atoms with E-state index in [4.69, 9.17) is 0 Å². The van der Waals surface area contributed by atoms with E-state index in [0.29, 0.717) is 11.3 Å². The summed E-state index contributed by atoms with van der Waals surface area (Å²) >= 11 is 0. The first-order valence-electron chi connectivity index (χ1n) is 9.26. The summed E-state index contributed by atoms with van der Waals surface area (Å²) in [6.45, 7) is 9.99. The minimum absolute atomic E-state index is 0.120. The van der Waals surface area contributed by atoms with Crippen molar-refractivity contribution in [3.63, 3.8) is 0 Å². The molecule has 124 valence electrons. The van der Waals surface area contributed by atoms with Gasteiger partial charge in [0.05, 0.1) is 6.10 Å². The fraction of sp³-hybridized carbons (Fsp3) is 1.00. The quantitative estimate of drug-likeness (QED) is 0.584. The van der Waals surface area contributed by atoms with Crippen LogP contribution in [0.1, 0.15) is 65.2 Å². The van der Waals surface area contributed by atoms with Gasteiger partial charge in [0.15, 0.2) is 0 Å². The molecule has 1 aliphatic carbocycles. The van der Waals surface area contributed by atoms with Crippen LogP contribution in [0.3, 0.4) is 0 Å². The summed E-state index contributed by atoms with van der Waals surface area (Å²) in [7, 11) is 0. The molecule has 2 fully saturated rings. The maximum atomic E-state index is 10.2. The molecule has 1 heterocycles. The Hall–Kier alpha value is -0.120. The van der Waals surface area contributed by atoms with E-state index in [-0.39, 0.29) is 6.10 Å². The molecule has 0 aromatic rings. The molecule has 2 unspecified atom stereocenters. The molecule has 1 saturated carbocycles. The van der Waals surface area contributed by atoms with Gasteiger partial charge in [0.2, 0.25) is 0 Å². The van der Waals surface area contributed by atoms with Crippen LogP contribution in [0.2, 0.25) is 0 Å². The molecule has 1 aliphatic heterocycles. The third-order valence-electron chi connectivity index (χ3n) is 5.65. The lowest BCUT2D eigenvalue weighted by molar-refractivity contribution is 0.00646. The van der Waals surface area contributed by atoms with Crippen molar-refractivity contribution in [1.82, 2.24) is 10.2 Å². The summed E-state index contributed by atoms with van der Waals surface area (Å²) in [5.41, 5.74) is 0.450. The number of hydrogen-bond donors (Lipinski definition) is 2. The maximum absolute atomic E-state index is 10.2. The Morgan fingerprint density at radius 3 is 2.52 bits per heavy atom. The van der Waals surface area contributed by atoms with Gasteiger partial charge in [0.25, 0.3) is 0 Å². The number of likely N-dealkylation sites (tertiary alicyclic amines) is 1. The van der Waals surface area contributed by atoms with Crippen molar-refractivity contribution in [1.29, 1.82) is 0 Å². The average Bonchev–Trinajstić information content (AvgIpc) is 2.69. The number of nitrogens with zero attached hydrogens (tertiary/aromatic N) is 1. The second-order valence-corrected chi connectivity index (χ2v) is 7.66. The highest BCUT2D eigenvalue weighted by Crippen LogP contribution is 2.36. The minimum atomic E-state index is -0.120. The molecule has 2 aliphatic rings. The highest BCUT2D eigenvalue weighted by molar-refractivity contribution is 4.89. The van der Waals surface area contributed by atoms with Crippen molar-refractivity contribution < 1.29 is 5.11 Å². The molecule has 2 N–H and O–H groups in total. The molecule has 0 aromatic heterocycles. The molecular formula is C18H36N2O. The Kier molecular flexibility index (Phi) is 6.97. The zero-order chi connectivity index (χ0) is 15.1. The lowest BCUT2D eigenvalue weighted by atomic mass is 9.79. The predicted octanol–water partition coefficient (Wildman–Crippen LogP) is 3.03. The molecule has 3 nitrogen and oxygen atoms in total. The van der Waals surface area contributed by atoms with Crippen LogP contribution in [0.4, 0.5) is 0 Å². The van der Waals surface area contributed by atoms with Crippen molar-refractivity contribution in [3.05, 3.63) is 0 Å². The standard InChI is InChI=1S/C18H36N2O/c1-3-11-19-14-18(9-6-4-5-7-10-18)15-20-12-8-16(2)17(21)13-20/h16-17,19,21H,3-15H2,1-2H3. The van der Waals surface area contributed by atoms with Crippen LogP contribution in [-0.4, -0.2) is 48.8 Å². The Labute approximate surface area is 131 Å². The van der Waals surface area contributed by atoms with Gasteiger partial charge in [-0.2, -0.15) is 0 Å². The van der Waals surface area contributed by atoms with E-state index in [0.717, 1.165) is 19.5 Å². The van der Waals surface area contributed by atoms with Crippen LogP contribution < -0.4 is 5.32 Å². The number of β-amino-alcohol motifs (C(OH)–C–C–N with tert-alkyl or cyclic N) is 1.